The van der Waals surface area contributed by atoms with Crippen LogP contribution >= 0.6 is 22.9 Å². The molecule has 4 rings (SSSR count). The van der Waals surface area contributed by atoms with E-state index in [0.717, 1.165) is 27.1 Å². The molecule has 0 spiro atoms. The molecule has 148 valence electrons. The minimum atomic E-state index is -0.332. The van der Waals surface area contributed by atoms with E-state index in [9.17, 15) is 9.59 Å². The van der Waals surface area contributed by atoms with Crippen molar-refractivity contribution >= 4 is 33.2 Å². The van der Waals surface area contributed by atoms with Crippen molar-refractivity contribution in [1.82, 2.24) is 9.13 Å². The van der Waals surface area contributed by atoms with Gasteiger partial charge in [-0.2, -0.15) is 0 Å². The van der Waals surface area contributed by atoms with Gasteiger partial charge in [-0.1, -0.05) is 29.8 Å². The van der Waals surface area contributed by atoms with Crippen LogP contribution in [0, 0.1) is 27.7 Å². The van der Waals surface area contributed by atoms with E-state index in [-0.39, 0.29) is 11.2 Å². The summed E-state index contributed by atoms with van der Waals surface area (Å²) >= 11 is 7.50. The molecule has 0 aliphatic carbocycles. The van der Waals surface area contributed by atoms with Crippen molar-refractivity contribution in [2.45, 2.75) is 34.2 Å². The molecule has 0 fully saturated rings. The van der Waals surface area contributed by atoms with Crippen molar-refractivity contribution in [3.8, 4) is 5.69 Å². The lowest BCUT2D eigenvalue weighted by Gasteiger charge is -2.13. The number of rotatable bonds is 3. The van der Waals surface area contributed by atoms with Crippen LogP contribution in [-0.4, -0.2) is 9.13 Å². The predicted octanol–water partition coefficient (Wildman–Crippen LogP) is 5.15. The van der Waals surface area contributed by atoms with Gasteiger partial charge in [-0.15, -0.1) is 11.3 Å². The minimum absolute atomic E-state index is 0.262. The van der Waals surface area contributed by atoms with Crippen LogP contribution in [0.15, 0.2) is 52.1 Å². The Kier molecular flexibility index (Phi) is 4.97. The number of halogens is 1. The lowest BCUT2D eigenvalue weighted by Crippen LogP contribution is -2.39. The van der Waals surface area contributed by atoms with E-state index < -0.39 is 0 Å². The number of aryl methyl sites for hydroxylation is 4. The summed E-state index contributed by atoms with van der Waals surface area (Å²) in [5.74, 6) is 0. The molecule has 0 unspecified atom stereocenters. The number of fused-ring (bicyclic) bond motifs is 1. The first kappa shape index (κ1) is 19.7. The third kappa shape index (κ3) is 3.34. The topological polar surface area (TPSA) is 44.0 Å². The number of thiophene rings is 1. The smallest absolute Gasteiger partial charge is 0.280 e. The molecule has 2 aromatic carbocycles. The van der Waals surface area contributed by atoms with Crippen LogP contribution in [0.1, 0.15) is 27.1 Å². The second kappa shape index (κ2) is 7.32. The lowest BCUT2D eigenvalue weighted by molar-refractivity contribution is 0.719. The zero-order valence-corrected chi connectivity index (χ0v) is 18.3. The molecule has 4 aromatic rings. The Labute approximate surface area is 177 Å². The van der Waals surface area contributed by atoms with Gasteiger partial charge in [0.2, 0.25) is 0 Å². The van der Waals surface area contributed by atoms with Crippen LogP contribution in [-0.2, 0) is 6.54 Å². The van der Waals surface area contributed by atoms with Crippen molar-refractivity contribution in [3.05, 3.63) is 95.5 Å². The highest BCUT2D eigenvalue weighted by Crippen LogP contribution is 2.28. The third-order valence-corrected chi connectivity index (χ3v) is 6.94. The summed E-state index contributed by atoms with van der Waals surface area (Å²) in [6, 6.07) is 13.1. The Morgan fingerprint density at radius 2 is 1.62 bits per heavy atom. The Morgan fingerprint density at radius 1 is 0.931 bits per heavy atom. The fraction of sp³-hybridized carbons (Fsp3) is 0.217. The average molecular weight is 425 g/mol. The van der Waals surface area contributed by atoms with E-state index in [1.807, 2.05) is 70.2 Å². The second-order valence-electron chi connectivity index (χ2n) is 7.37. The fourth-order valence-electron chi connectivity index (χ4n) is 3.46. The molecule has 6 heteroatoms. The molecule has 0 bridgehead atoms. The molecule has 0 N–H and O–H groups in total. The third-order valence-electron chi connectivity index (χ3n) is 5.45. The number of aromatic nitrogens is 2. The molecule has 0 atom stereocenters. The summed E-state index contributed by atoms with van der Waals surface area (Å²) in [6.07, 6.45) is 0. The fourth-order valence-corrected chi connectivity index (χ4v) is 4.73. The van der Waals surface area contributed by atoms with E-state index in [2.05, 4.69) is 0 Å². The van der Waals surface area contributed by atoms with Gasteiger partial charge in [0, 0.05) is 9.90 Å². The first-order valence-corrected chi connectivity index (χ1v) is 10.5. The molecule has 2 aromatic heterocycles. The van der Waals surface area contributed by atoms with Crippen molar-refractivity contribution in [1.29, 1.82) is 0 Å². The molecule has 0 aliphatic rings. The highest BCUT2D eigenvalue weighted by molar-refractivity contribution is 7.18. The monoisotopic (exact) mass is 424 g/mol. The van der Waals surface area contributed by atoms with Gasteiger partial charge >= 0.3 is 5.69 Å². The van der Waals surface area contributed by atoms with E-state index in [1.165, 1.54) is 15.9 Å². The quantitative estimate of drug-likeness (QED) is 0.456. The van der Waals surface area contributed by atoms with Crippen LogP contribution in [0.2, 0.25) is 5.02 Å². The van der Waals surface area contributed by atoms with Crippen LogP contribution in [0.4, 0.5) is 0 Å². The standard InChI is InChI=1S/C23H21ClN2O2S/c1-13-5-10-19(11-14(13)2)26-21(27)20-15(3)16(4)29-22(20)25(23(26)28)12-17-6-8-18(24)9-7-17/h5-11H,12H2,1-4H3. The first-order chi connectivity index (χ1) is 13.8. The molecule has 2 heterocycles. The predicted molar refractivity (Wildman–Crippen MR) is 121 cm³/mol. The second-order valence-corrected chi connectivity index (χ2v) is 9.01. The average Bonchev–Trinajstić information content (AvgIpc) is 2.98. The van der Waals surface area contributed by atoms with Crippen LogP contribution in [0.5, 0.6) is 0 Å². The molecule has 0 amide bonds. The molecule has 29 heavy (non-hydrogen) atoms. The summed E-state index contributed by atoms with van der Waals surface area (Å²) in [5.41, 5.74) is 4.04. The van der Waals surface area contributed by atoms with Crippen molar-refractivity contribution in [2.75, 3.05) is 0 Å². The lowest BCUT2D eigenvalue weighted by atomic mass is 10.1. The van der Waals surface area contributed by atoms with Gasteiger partial charge < -0.3 is 0 Å². The van der Waals surface area contributed by atoms with Gasteiger partial charge in [-0.3, -0.25) is 9.36 Å². The maximum absolute atomic E-state index is 13.5. The summed E-state index contributed by atoms with van der Waals surface area (Å²) in [6.45, 7) is 8.29. The highest BCUT2D eigenvalue weighted by atomic mass is 35.5. The molecular formula is C23H21ClN2O2S. The van der Waals surface area contributed by atoms with Gasteiger partial charge in [0.1, 0.15) is 4.83 Å². The minimum Gasteiger partial charge on any atom is -0.280 e. The number of hydrogen-bond acceptors (Lipinski definition) is 3. The van der Waals surface area contributed by atoms with E-state index >= 15 is 0 Å². The molecule has 0 radical (unpaired) electrons. The molecule has 4 nitrogen and oxygen atoms in total. The molecule has 0 aliphatic heterocycles. The number of nitrogens with zero attached hydrogens (tertiary/aromatic N) is 2. The van der Waals surface area contributed by atoms with E-state index in [1.54, 1.807) is 4.57 Å². The zero-order valence-electron chi connectivity index (χ0n) is 16.7. The van der Waals surface area contributed by atoms with Gasteiger partial charge in [0.05, 0.1) is 17.6 Å². The van der Waals surface area contributed by atoms with Gasteiger partial charge in [0.15, 0.2) is 0 Å². The summed E-state index contributed by atoms with van der Waals surface area (Å²) in [7, 11) is 0. The highest BCUT2D eigenvalue weighted by Gasteiger charge is 2.20. The zero-order chi connectivity index (χ0) is 20.9. The number of hydrogen-bond donors (Lipinski definition) is 0. The maximum Gasteiger partial charge on any atom is 0.337 e. The van der Waals surface area contributed by atoms with Crippen LogP contribution < -0.4 is 11.2 Å². The van der Waals surface area contributed by atoms with Crippen molar-refractivity contribution < 1.29 is 0 Å². The molecule has 0 saturated carbocycles. The summed E-state index contributed by atoms with van der Waals surface area (Å²) in [5, 5.41) is 1.26. The normalized spacial score (nSPS) is 11.3. The Balaban J connectivity index is 2.05. The molecular weight excluding hydrogens is 404 g/mol. The number of benzene rings is 2. The van der Waals surface area contributed by atoms with Gasteiger partial charge in [-0.05, 0) is 74.2 Å². The Hall–Kier alpha value is -2.63. The summed E-state index contributed by atoms with van der Waals surface area (Å²) in [4.78, 5) is 28.6. The Morgan fingerprint density at radius 3 is 2.28 bits per heavy atom. The first-order valence-electron chi connectivity index (χ1n) is 9.35. The SMILES string of the molecule is Cc1ccc(-n2c(=O)c3c(C)c(C)sc3n(Cc3ccc(Cl)cc3)c2=O)cc1C. The van der Waals surface area contributed by atoms with Gasteiger partial charge in [-0.25, -0.2) is 9.36 Å². The maximum atomic E-state index is 13.5. The van der Waals surface area contributed by atoms with E-state index in [4.69, 9.17) is 11.6 Å². The van der Waals surface area contributed by atoms with Crippen molar-refractivity contribution in [3.63, 3.8) is 0 Å². The van der Waals surface area contributed by atoms with Gasteiger partial charge in [0.25, 0.3) is 5.56 Å². The van der Waals surface area contributed by atoms with Crippen LogP contribution in [0.25, 0.3) is 15.9 Å². The molecule has 0 saturated heterocycles. The Bertz CT molecular complexity index is 1360. The summed E-state index contributed by atoms with van der Waals surface area (Å²) < 4.78 is 2.99. The van der Waals surface area contributed by atoms with E-state index in [0.29, 0.717) is 27.5 Å². The largest absolute Gasteiger partial charge is 0.337 e. The van der Waals surface area contributed by atoms with Crippen molar-refractivity contribution in [2.24, 2.45) is 0 Å². The van der Waals surface area contributed by atoms with Crippen LogP contribution in [0.3, 0.4) is 0 Å².